The lowest BCUT2D eigenvalue weighted by atomic mass is 9.89. The zero-order valence-electron chi connectivity index (χ0n) is 34.7. The van der Waals surface area contributed by atoms with Gasteiger partial charge in [-0.15, -0.1) is 11.8 Å². The monoisotopic (exact) mass is 831 g/mol. The number of carbonyl (C=O) groups excluding carboxylic acids is 3. The molecule has 3 aromatic carbocycles. The van der Waals surface area contributed by atoms with Crippen LogP contribution in [-0.4, -0.2) is 65.4 Å². The van der Waals surface area contributed by atoms with Crippen LogP contribution in [0.1, 0.15) is 84.6 Å². The number of pyridine rings is 1. The Hall–Kier alpha value is -5.28. The van der Waals surface area contributed by atoms with E-state index >= 15 is 0 Å². The Kier molecular flexibility index (Phi) is 24.6. The standard InChI is InChI=1S/C34H43N3O3S2.C8H12N2.2CH3NO/c1-7-41-24-25(2)17-32(21-36-27(4)26(3)30-13-15-33(35-5)16-14-30)31-18-29(23-38)19-34(20-31)37(42(6,39)40)22-28-11-9-8-10-12-28;1-7(9-2)8-4-3-5-10-6-8;2*2-1-3/h7-16,18-20,23-24,26-27,32,35-36H,1,17,21-22H2,2-6H3;3-7,9H,1-2H3;2*1H,(H2,2,3)/b25-24+;;;/t26-,27-,32-;;;/m0.../s1. The number of rotatable bonds is 18. The van der Waals surface area contributed by atoms with Gasteiger partial charge in [0.25, 0.3) is 0 Å². The van der Waals surface area contributed by atoms with Gasteiger partial charge in [0.15, 0.2) is 0 Å². The molecule has 7 N–H and O–H groups in total. The van der Waals surface area contributed by atoms with Crippen molar-refractivity contribution in [3.63, 3.8) is 0 Å². The van der Waals surface area contributed by atoms with Crippen LogP contribution >= 0.6 is 11.8 Å². The minimum atomic E-state index is -3.62. The molecule has 0 saturated carbocycles. The third-order valence-electron chi connectivity index (χ3n) is 9.14. The van der Waals surface area contributed by atoms with E-state index in [1.807, 2.05) is 68.8 Å². The summed E-state index contributed by atoms with van der Waals surface area (Å²) in [5, 5.41) is 13.9. The number of primary amides is 2. The van der Waals surface area contributed by atoms with Crippen LogP contribution in [0.3, 0.4) is 0 Å². The summed E-state index contributed by atoms with van der Waals surface area (Å²) in [4.78, 5) is 33.3. The summed E-state index contributed by atoms with van der Waals surface area (Å²) in [5.41, 5.74) is 15.8. The summed E-state index contributed by atoms with van der Waals surface area (Å²) in [5.74, 6) is 0.276. The first-order valence-electron chi connectivity index (χ1n) is 18.7. The molecule has 0 bridgehead atoms. The predicted molar refractivity (Wildman–Crippen MR) is 242 cm³/mol. The second-order valence-electron chi connectivity index (χ2n) is 13.3. The molecule has 58 heavy (non-hydrogen) atoms. The van der Waals surface area contributed by atoms with E-state index in [2.05, 4.69) is 102 Å². The second kappa shape index (κ2) is 28.2. The zero-order valence-corrected chi connectivity index (χ0v) is 36.3. The van der Waals surface area contributed by atoms with Crippen molar-refractivity contribution in [1.29, 1.82) is 0 Å². The van der Waals surface area contributed by atoms with E-state index in [0.29, 0.717) is 23.8 Å². The van der Waals surface area contributed by atoms with Gasteiger partial charge in [0.05, 0.1) is 18.5 Å². The van der Waals surface area contributed by atoms with Crippen molar-refractivity contribution in [2.24, 2.45) is 11.5 Å². The molecule has 4 aromatic rings. The molecule has 1 aromatic heterocycles. The average molecular weight is 832 g/mol. The number of nitrogens with zero attached hydrogens (tertiary/aromatic N) is 2. The molecule has 12 nitrogen and oxygen atoms in total. The summed E-state index contributed by atoms with van der Waals surface area (Å²) in [6.45, 7) is 13.2. The van der Waals surface area contributed by atoms with Crippen LogP contribution in [0.5, 0.6) is 0 Å². The number of hydrogen-bond donors (Lipinski definition) is 5. The highest BCUT2D eigenvalue weighted by atomic mass is 32.2. The van der Waals surface area contributed by atoms with Crippen molar-refractivity contribution in [2.75, 3.05) is 36.5 Å². The SMILES string of the molecule is C=CS/C=C(\C)C[C@@H](CN[C@@H](C)[C@H](C)c1ccc(NC)cc1)c1cc(C=O)cc(N(Cc2ccccc2)S(C)(=O)=O)c1.CNC(C)c1cccnc1.NC=O.NC=O. The fourth-order valence-electron chi connectivity index (χ4n) is 5.71. The van der Waals surface area contributed by atoms with Gasteiger partial charge in [0.1, 0.15) is 6.29 Å². The lowest BCUT2D eigenvalue weighted by Gasteiger charge is -2.28. The molecule has 1 unspecified atom stereocenters. The molecule has 4 rings (SSSR count). The molecule has 0 aliphatic heterocycles. The van der Waals surface area contributed by atoms with Crippen molar-refractivity contribution in [1.82, 2.24) is 15.6 Å². The van der Waals surface area contributed by atoms with E-state index in [9.17, 15) is 13.2 Å². The topological polar surface area (TPSA) is 190 Å². The number of amides is 2. The number of nitrogens with two attached hydrogens (primary N) is 2. The first-order chi connectivity index (χ1) is 27.7. The maximum atomic E-state index is 13.0. The van der Waals surface area contributed by atoms with Crippen LogP contribution in [-0.2, 0) is 26.2 Å². The number of aldehydes is 1. The molecular weight excluding hydrogens is 771 g/mol. The van der Waals surface area contributed by atoms with Gasteiger partial charge in [-0.1, -0.05) is 67.6 Å². The van der Waals surface area contributed by atoms with Crippen LogP contribution in [0.15, 0.2) is 120 Å². The molecule has 0 aliphatic rings. The first-order valence-corrected chi connectivity index (χ1v) is 21.4. The van der Waals surface area contributed by atoms with Crippen molar-refractivity contribution in [3.05, 3.63) is 148 Å². The lowest BCUT2D eigenvalue weighted by molar-refractivity contribution is -0.107. The fraction of sp³-hybridized carbons (Fsp3) is 0.318. The largest absolute Gasteiger partial charge is 0.388 e. The van der Waals surface area contributed by atoms with Gasteiger partial charge in [0.2, 0.25) is 22.8 Å². The minimum Gasteiger partial charge on any atom is -0.388 e. The Bertz CT molecular complexity index is 1930. The van der Waals surface area contributed by atoms with E-state index in [0.717, 1.165) is 29.5 Å². The molecule has 0 radical (unpaired) electrons. The maximum Gasteiger partial charge on any atom is 0.232 e. The molecule has 4 atom stereocenters. The molecule has 0 fully saturated rings. The van der Waals surface area contributed by atoms with Crippen LogP contribution < -0.4 is 31.7 Å². The minimum absolute atomic E-state index is 0.00441. The fourth-order valence-corrected chi connectivity index (χ4v) is 7.01. The summed E-state index contributed by atoms with van der Waals surface area (Å²) in [6.07, 6.45) is 6.89. The van der Waals surface area contributed by atoms with Gasteiger partial charge in [-0.05, 0) is 110 Å². The number of hydrogen-bond acceptors (Lipinski definition) is 10. The number of aromatic nitrogens is 1. The van der Waals surface area contributed by atoms with E-state index in [4.69, 9.17) is 9.59 Å². The van der Waals surface area contributed by atoms with Crippen LogP contribution in [0, 0.1) is 0 Å². The average Bonchev–Trinajstić information content (AvgIpc) is 3.23. The molecule has 14 heteroatoms. The highest BCUT2D eigenvalue weighted by Crippen LogP contribution is 2.32. The Morgan fingerprint density at radius 3 is 2.05 bits per heavy atom. The van der Waals surface area contributed by atoms with Crippen molar-refractivity contribution >= 4 is 52.3 Å². The molecule has 0 saturated heterocycles. The summed E-state index contributed by atoms with van der Waals surface area (Å²) < 4.78 is 27.3. The van der Waals surface area contributed by atoms with Crippen molar-refractivity contribution < 1.29 is 22.8 Å². The van der Waals surface area contributed by atoms with Gasteiger partial charge >= 0.3 is 0 Å². The molecule has 2 amide bonds. The third kappa shape index (κ3) is 18.8. The zero-order chi connectivity index (χ0) is 43.5. The van der Waals surface area contributed by atoms with E-state index in [-0.39, 0.29) is 37.2 Å². The van der Waals surface area contributed by atoms with Crippen LogP contribution in [0.2, 0.25) is 0 Å². The van der Waals surface area contributed by atoms with Gasteiger partial charge in [-0.25, -0.2) is 8.42 Å². The number of allylic oxidation sites excluding steroid dienone is 1. The summed E-state index contributed by atoms with van der Waals surface area (Å²) in [7, 11) is 0.234. The van der Waals surface area contributed by atoms with Crippen LogP contribution in [0.25, 0.3) is 0 Å². The summed E-state index contributed by atoms with van der Waals surface area (Å²) >= 11 is 1.54. The molecular formula is C44H61N7O5S2. The molecule has 314 valence electrons. The van der Waals surface area contributed by atoms with E-state index in [1.165, 1.54) is 39.0 Å². The highest BCUT2D eigenvalue weighted by molar-refractivity contribution is 8.04. The van der Waals surface area contributed by atoms with Gasteiger partial charge in [-0.3, -0.25) is 23.7 Å². The highest BCUT2D eigenvalue weighted by Gasteiger charge is 2.23. The van der Waals surface area contributed by atoms with Gasteiger partial charge < -0.3 is 27.4 Å². The Morgan fingerprint density at radius 2 is 1.53 bits per heavy atom. The predicted octanol–water partition coefficient (Wildman–Crippen LogP) is 7.11. The van der Waals surface area contributed by atoms with Crippen LogP contribution in [0.4, 0.5) is 11.4 Å². The quantitative estimate of drug-likeness (QED) is 0.0647. The number of sulfonamides is 1. The van der Waals surface area contributed by atoms with Crippen molar-refractivity contribution in [3.8, 4) is 0 Å². The normalized spacial score (nSPS) is 12.8. The van der Waals surface area contributed by atoms with E-state index in [1.54, 1.807) is 17.7 Å². The number of carbonyl (C=O) groups is 3. The van der Waals surface area contributed by atoms with E-state index < -0.39 is 10.0 Å². The van der Waals surface area contributed by atoms with Gasteiger partial charge in [-0.2, -0.15) is 0 Å². The Labute approximate surface area is 350 Å². The lowest BCUT2D eigenvalue weighted by Crippen LogP contribution is -2.34. The smallest absolute Gasteiger partial charge is 0.232 e. The first kappa shape index (κ1) is 50.7. The Morgan fingerprint density at radius 1 is 0.897 bits per heavy atom. The van der Waals surface area contributed by atoms with Crippen molar-refractivity contribution in [2.45, 2.75) is 64.6 Å². The molecule has 0 spiro atoms. The number of nitrogens with one attached hydrogen (secondary N) is 3. The van der Waals surface area contributed by atoms with Gasteiger partial charge in [0, 0.05) is 55.2 Å². The molecule has 0 aliphatic carbocycles. The number of thioether (sulfide) groups is 1. The number of anilines is 2. The molecule has 1 heterocycles. The maximum absolute atomic E-state index is 13.0. The Balaban J connectivity index is 0.000000879. The second-order valence-corrected chi connectivity index (χ2v) is 16.1. The number of benzene rings is 3. The summed E-state index contributed by atoms with van der Waals surface area (Å²) in [6, 6.07) is 28.0. The third-order valence-corrected chi connectivity index (χ3v) is 11.0.